The van der Waals surface area contributed by atoms with Gasteiger partial charge in [-0.2, -0.15) is 0 Å². The number of epoxide rings is 1. The number of rotatable bonds is 0. The maximum Gasteiger partial charge on any atom is 0.110 e. The Morgan fingerprint density at radius 1 is 1.07 bits per heavy atom. The van der Waals surface area contributed by atoms with Crippen LogP contribution in [0.15, 0.2) is 12.2 Å². The van der Waals surface area contributed by atoms with E-state index in [1.807, 2.05) is 12.2 Å². The molecule has 0 aromatic carbocycles. The Bertz CT molecular complexity index is 227. The van der Waals surface area contributed by atoms with Crippen molar-refractivity contribution in [3.63, 3.8) is 0 Å². The van der Waals surface area contributed by atoms with Crippen LogP contribution in [-0.4, -0.2) is 34.6 Å². The van der Waals surface area contributed by atoms with E-state index in [9.17, 15) is 0 Å². The minimum Gasteiger partial charge on any atom is -0.390 e. The van der Waals surface area contributed by atoms with Crippen LogP contribution < -0.4 is 0 Å². The summed E-state index contributed by atoms with van der Waals surface area (Å²) in [4.78, 5) is 0. The Labute approximate surface area is 90.8 Å². The van der Waals surface area contributed by atoms with Crippen molar-refractivity contribution >= 4 is 0 Å². The fourth-order valence-corrected chi connectivity index (χ4v) is 2.21. The largest absolute Gasteiger partial charge is 0.390 e. The van der Waals surface area contributed by atoms with Crippen LogP contribution in [0.3, 0.4) is 0 Å². The first kappa shape index (κ1) is 11.1. The molecule has 0 aromatic rings. The fourth-order valence-electron chi connectivity index (χ4n) is 2.21. The SMILES string of the molecule is OC1C=CCCC1.OC1CCCC2OC12. The molecule has 86 valence electrons. The van der Waals surface area contributed by atoms with Crippen molar-refractivity contribution in [2.75, 3.05) is 0 Å². The van der Waals surface area contributed by atoms with Gasteiger partial charge in [0.25, 0.3) is 0 Å². The van der Waals surface area contributed by atoms with E-state index in [0.29, 0.717) is 6.10 Å². The molecule has 2 N–H and O–H groups in total. The molecular weight excluding hydrogens is 192 g/mol. The van der Waals surface area contributed by atoms with E-state index < -0.39 is 0 Å². The minimum absolute atomic E-state index is 0.145. The van der Waals surface area contributed by atoms with Gasteiger partial charge in [-0.3, -0.25) is 0 Å². The Balaban J connectivity index is 0.000000115. The Kier molecular flexibility index (Phi) is 3.78. The molecule has 0 bridgehead atoms. The third-order valence-corrected chi connectivity index (χ3v) is 3.22. The molecule has 15 heavy (non-hydrogen) atoms. The summed E-state index contributed by atoms with van der Waals surface area (Å²) in [6, 6.07) is 0. The number of hydrogen-bond donors (Lipinski definition) is 2. The molecule has 0 amide bonds. The van der Waals surface area contributed by atoms with Gasteiger partial charge >= 0.3 is 0 Å². The van der Waals surface area contributed by atoms with Crippen LogP contribution in [0.5, 0.6) is 0 Å². The van der Waals surface area contributed by atoms with E-state index in [2.05, 4.69) is 0 Å². The summed E-state index contributed by atoms with van der Waals surface area (Å²) in [6.45, 7) is 0. The predicted molar refractivity (Wildman–Crippen MR) is 57.5 cm³/mol. The monoisotopic (exact) mass is 212 g/mol. The van der Waals surface area contributed by atoms with Crippen molar-refractivity contribution in [2.45, 2.75) is 62.9 Å². The average Bonchev–Trinajstić information content (AvgIpc) is 3.00. The lowest BCUT2D eigenvalue weighted by Gasteiger charge is -2.10. The number of aliphatic hydroxyl groups is 2. The number of fused-ring (bicyclic) bond motifs is 1. The van der Waals surface area contributed by atoms with Crippen LogP contribution in [0, 0.1) is 0 Å². The topological polar surface area (TPSA) is 53.0 Å². The van der Waals surface area contributed by atoms with Gasteiger partial charge in [-0.05, 0) is 38.5 Å². The van der Waals surface area contributed by atoms with Crippen LogP contribution >= 0.6 is 0 Å². The second-order valence-electron chi connectivity index (χ2n) is 4.56. The van der Waals surface area contributed by atoms with Crippen molar-refractivity contribution in [3.8, 4) is 0 Å². The van der Waals surface area contributed by atoms with E-state index in [1.54, 1.807) is 0 Å². The van der Waals surface area contributed by atoms with E-state index in [4.69, 9.17) is 14.9 Å². The minimum atomic E-state index is -0.145. The average molecular weight is 212 g/mol. The van der Waals surface area contributed by atoms with E-state index in [1.165, 1.54) is 6.42 Å². The first-order valence-electron chi connectivity index (χ1n) is 5.95. The predicted octanol–water partition coefficient (Wildman–Crippen LogP) is 1.39. The molecule has 4 unspecified atom stereocenters. The van der Waals surface area contributed by atoms with Gasteiger partial charge in [0.1, 0.15) is 6.10 Å². The number of ether oxygens (including phenoxy) is 1. The van der Waals surface area contributed by atoms with Crippen LogP contribution in [-0.2, 0) is 4.74 Å². The van der Waals surface area contributed by atoms with Crippen molar-refractivity contribution in [1.29, 1.82) is 0 Å². The molecule has 1 heterocycles. The van der Waals surface area contributed by atoms with Crippen molar-refractivity contribution in [2.24, 2.45) is 0 Å². The standard InChI is InChI=1S/C6H10O2.C6H10O/c7-4-2-1-3-5-6(4)8-5;7-6-4-2-1-3-5-6/h4-7H,1-3H2;2,4,6-7H,1,3,5H2. The summed E-state index contributed by atoms with van der Waals surface area (Å²) in [5.41, 5.74) is 0. The van der Waals surface area contributed by atoms with Crippen molar-refractivity contribution in [3.05, 3.63) is 12.2 Å². The highest BCUT2D eigenvalue weighted by Crippen LogP contribution is 2.36. The fraction of sp³-hybridized carbons (Fsp3) is 0.833. The van der Waals surface area contributed by atoms with Crippen molar-refractivity contribution < 1.29 is 14.9 Å². The van der Waals surface area contributed by atoms with Crippen LogP contribution in [0.2, 0.25) is 0 Å². The lowest BCUT2D eigenvalue weighted by molar-refractivity contribution is 0.124. The molecule has 1 saturated heterocycles. The zero-order valence-electron chi connectivity index (χ0n) is 9.01. The molecule has 2 fully saturated rings. The van der Waals surface area contributed by atoms with E-state index in [-0.39, 0.29) is 18.3 Å². The Hall–Kier alpha value is -0.380. The highest BCUT2D eigenvalue weighted by molar-refractivity contribution is 4.94. The zero-order chi connectivity index (χ0) is 10.7. The summed E-state index contributed by atoms with van der Waals surface area (Å²) in [5.74, 6) is 0. The van der Waals surface area contributed by atoms with Crippen LogP contribution in [0.1, 0.15) is 38.5 Å². The van der Waals surface area contributed by atoms with Gasteiger partial charge in [-0.25, -0.2) is 0 Å². The molecule has 4 atom stereocenters. The first-order chi connectivity index (χ1) is 7.27. The van der Waals surface area contributed by atoms with Gasteiger partial charge in [0.2, 0.25) is 0 Å². The van der Waals surface area contributed by atoms with Gasteiger partial charge in [0.15, 0.2) is 0 Å². The van der Waals surface area contributed by atoms with Crippen molar-refractivity contribution in [1.82, 2.24) is 0 Å². The molecule has 3 rings (SSSR count). The van der Waals surface area contributed by atoms with E-state index >= 15 is 0 Å². The molecule has 1 saturated carbocycles. The number of aliphatic hydroxyl groups excluding tert-OH is 2. The first-order valence-corrected chi connectivity index (χ1v) is 5.95. The molecular formula is C12H20O3. The van der Waals surface area contributed by atoms with Crippen LogP contribution in [0.4, 0.5) is 0 Å². The maximum absolute atomic E-state index is 9.09. The molecule has 3 aliphatic rings. The summed E-state index contributed by atoms with van der Waals surface area (Å²) in [5, 5.41) is 17.9. The highest BCUT2D eigenvalue weighted by atomic mass is 16.6. The summed E-state index contributed by atoms with van der Waals surface area (Å²) < 4.78 is 5.14. The van der Waals surface area contributed by atoms with Gasteiger partial charge in [-0.15, -0.1) is 0 Å². The van der Waals surface area contributed by atoms with Gasteiger partial charge in [0, 0.05) is 0 Å². The quantitative estimate of drug-likeness (QED) is 0.471. The second-order valence-corrected chi connectivity index (χ2v) is 4.56. The number of hydrogen-bond acceptors (Lipinski definition) is 3. The highest BCUT2D eigenvalue weighted by Gasteiger charge is 2.46. The molecule has 0 radical (unpaired) electrons. The molecule has 3 nitrogen and oxygen atoms in total. The van der Waals surface area contributed by atoms with Gasteiger partial charge in [-0.1, -0.05) is 12.2 Å². The molecule has 3 heteroatoms. The molecule has 1 aliphatic heterocycles. The van der Waals surface area contributed by atoms with Gasteiger partial charge < -0.3 is 14.9 Å². The molecule has 0 aromatic heterocycles. The smallest absolute Gasteiger partial charge is 0.110 e. The lowest BCUT2D eigenvalue weighted by atomic mass is 9.98. The molecule has 2 aliphatic carbocycles. The summed E-state index contributed by atoms with van der Waals surface area (Å²) in [7, 11) is 0. The van der Waals surface area contributed by atoms with Gasteiger partial charge in [0.05, 0.1) is 18.3 Å². The third kappa shape index (κ3) is 3.30. The lowest BCUT2D eigenvalue weighted by Crippen LogP contribution is -2.20. The maximum atomic E-state index is 9.09. The second kappa shape index (κ2) is 5.10. The Morgan fingerprint density at radius 2 is 1.93 bits per heavy atom. The Morgan fingerprint density at radius 3 is 2.40 bits per heavy atom. The summed E-state index contributed by atoms with van der Waals surface area (Å²) >= 11 is 0. The number of allylic oxidation sites excluding steroid dienone is 1. The third-order valence-electron chi connectivity index (χ3n) is 3.22. The summed E-state index contributed by atoms with van der Waals surface area (Å²) in [6.07, 6.45) is 10.8. The normalized spacial score (nSPS) is 42.5. The van der Waals surface area contributed by atoms with Crippen LogP contribution in [0.25, 0.3) is 0 Å². The molecule has 0 spiro atoms. The van der Waals surface area contributed by atoms with E-state index in [0.717, 1.165) is 32.1 Å². The zero-order valence-corrected chi connectivity index (χ0v) is 9.01.